The number of benzene rings is 1. The average molecular weight is 359 g/mol. The van der Waals surface area contributed by atoms with Crippen molar-refractivity contribution in [2.75, 3.05) is 32.2 Å². The fourth-order valence-electron chi connectivity index (χ4n) is 3.19. The highest BCUT2D eigenvalue weighted by Gasteiger charge is 2.29. The van der Waals surface area contributed by atoms with E-state index in [2.05, 4.69) is 10.1 Å². The lowest BCUT2D eigenvalue weighted by Gasteiger charge is -2.30. The van der Waals surface area contributed by atoms with E-state index in [4.69, 9.17) is 14.0 Å². The number of nitrogens with zero attached hydrogens (tertiary/aromatic N) is 3. The summed E-state index contributed by atoms with van der Waals surface area (Å²) in [6.07, 6.45) is 1.76. The predicted octanol–water partition coefficient (Wildman–Crippen LogP) is 3.31. The van der Waals surface area contributed by atoms with Crippen LogP contribution in [0.1, 0.15) is 48.9 Å². The van der Waals surface area contributed by atoms with Gasteiger partial charge in [-0.1, -0.05) is 13.8 Å². The van der Waals surface area contributed by atoms with Crippen LogP contribution < -0.4 is 14.4 Å². The number of piperidine rings is 1. The molecule has 0 N–H and O–H groups in total. The van der Waals surface area contributed by atoms with Gasteiger partial charge in [0.2, 0.25) is 5.89 Å². The Morgan fingerprint density at radius 1 is 1.27 bits per heavy atom. The first-order valence-corrected chi connectivity index (χ1v) is 8.88. The molecule has 2 heterocycles. The molecule has 7 heteroatoms. The molecule has 2 aromatic rings. The highest BCUT2D eigenvalue weighted by Crippen LogP contribution is 2.30. The molecule has 1 aromatic carbocycles. The molecular formula is C19H25N3O4. The quantitative estimate of drug-likeness (QED) is 0.732. The van der Waals surface area contributed by atoms with Gasteiger partial charge < -0.3 is 18.9 Å². The third kappa shape index (κ3) is 3.66. The van der Waals surface area contributed by atoms with Crippen LogP contribution in [0.25, 0.3) is 0 Å². The number of anilines is 1. The maximum absolute atomic E-state index is 13.0. The van der Waals surface area contributed by atoms with Crippen LogP contribution in [0.3, 0.4) is 0 Å². The molecule has 0 spiro atoms. The summed E-state index contributed by atoms with van der Waals surface area (Å²) in [5, 5.41) is 4.07. The zero-order valence-electron chi connectivity index (χ0n) is 15.7. The lowest BCUT2D eigenvalue weighted by molar-refractivity contribution is 0.0906. The largest absolute Gasteiger partial charge is 0.493 e. The molecule has 0 bridgehead atoms. The summed E-state index contributed by atoms with van der Waals surface area (Å²) in [7, 11) is 3.14. The number of hydrogen-bond donors (Lipinski definition) is 0. The number of ether oxygens (including phenoxy) is 2. The Labute approximate surface area is 153 Å². The molecular weight excluding hydrogens is 334 g/mol. The number of carbonyl (C=O) groups excluding carboxylic acids is 1. The van der Waals surface area contributed by atoms with E-state index in [1.54, 1.807) is 32.4 Å². The standard InChI is InChI=1S/C19H25N3O4/c1-12(2)18-20-19(21-26-18)22-9-5-6-14(11-22)17(23)13-7-8-15(24-3)16(10-13)25-4/h7-8,10,12,14H,5-6,9,11H2,1-4H3/t14-/m1/s1. The van der Waals surface area contributed by atoms with Gasteiger partial charge in [-0.3, -0.25) is 4.79 Å². The topological polar surface area (TPSA) is 77.7 Å². The summed E-state index contributed by atoms with van der Waals surface area (Å²) in [6, 6.07) is 5.29. The summed E-state index contributed by atoms with van der Waals surface area (Å²) >= 11 is 0. The van der Waals surface area contributed by atoms with Crippen LogP contribution in [0.5, 0.6) is 11.5 Å². The summed E-state index contributed by atoms with van der Waals surface area (Å²) in [5.74, 6) is 2.54. The van der Waals surface area contributed by atoms with Gasteiger partial charge in [0.25, 0.3) is 5.95 Å². The second kappa shape index (κ2) is 7.76. The minimum atomic E-state index is -0.108. The third-order valence-electron chi connectivity index (χ3n) is 4.67. The molecule has 3 rings (SSSR count). The maximum Gasteiger partial charge on any atom is 0.266 e. The van der Waals surface area contributed by atoms with E-state index in [1.165, 1.54) is 0 Å². The molecule has 26 heavy (non-hydrogen) atoms. The zero-order valence-corrected chi connectivity index (χ0v) is 15.7. The smallest absolute Gasteiger partial charge is 0.266 e. The van der Waals surface area contributed by atoms with Gasteiger partial charge in [0, 0.05) is 30.5 Å². The van der Waals surface area contributed by atoms with E-state index in [-0.39, 0.29) is 17.6 Å². The molecule has 7 nitrogen and oxygen atoms in total. The van der Waals surface area contributed by atoms with E-state index in [0.29, 0.717) is 35.4 Å². The Morgan fingerprint density at radius 3 is 2.69 bits per heavy atom. The van der Waals surface area contributed by atoms with Crippen molar-refractivity contribution < 1.29 is 18.8 Å². The Kier molecular flexibility index (Phi) is 5.44. The van der Waals surface area contributed by atoms with Crippen LogP contribution in [0.15, 0.2) is 22.7 Å². The van der Waals surface area contributed by atoms with Crippen LogP contribution >= 0.6 is 0 Å². The number of hydrogen-bond acceptors (Lipinski definition) is 7. The van der Waals surface area contributed by atoms with Gasteiger partial charge in [0.1, 0.15) is 0 Å². The molecule has 0 unspecified atom stereocenters. The van der Waals surface area contributed by atoms with Gasteiger partial charge in [0.15, 0.2) is 17.3 Å². The fourth-order valence-corrected chi connectivity index (χ4v) is 3.19. The Balaban J connectivity index is 1.75. The van der Waals surface area contributed by atoms with Crippen molar-refractivity contribution in [2.45, 2.75) is 32.6 Å². The van der Waals surface area contributed by atoms with Crippen molar-refractivity contribution >= 4 is 11.7 Å². The lowest BCUT2D eigenvalue weighted by Crippen LogP contribution is -2.39. The summed E-state index contributed by atoms with van der Waals surface area (Å²) in [4.78, 5) is 19.5. The van der Waals surface area contributed by atoms with E-state index in [1.807, 2.05) is 18.7 Å². The van der Waals surface area contributed by atoms with Crippen molar-refractivity contribution in [2.24, 2.45) is 5.92 Å². The Bertz CT molecular complexity index is 772. The van der Waals surface area contributed by atoms with Gasteiger partial charge in [-0.05, 0) is 36.2 Å². The molecule has 0 radical (unpaired) electrons. The molecule has 1 aliphatic rings. The molecule has 1 atom stereocenters. The summed E-state index contributed by atoms with van der Waals surface area (Å²) in [6.45, 7) is 5.44. The number of ketones is 1. The normalized spacial score (nSPS) is 17.4. The number of methoxy groups -OCH3 is 2. The van der Waals surface area contributed by atoms with Crippen LogP contribution in [0.4, 0.5) is 5.95 Å². The average Bonchev–Trinajstić information content (AvgIpc) is 3.17. The van der Waals surface area contributed by atoms with Gasteiger partial charge in [-0.15, -0.1) is 0 Å². The van der Waals surface area contributed by atoms with E-state index in [0.717, 1.165) is 19.4 Å². The van der Waals surface area contributed by atoms with E-state index in [9.17, 15) is 4.79 Å². The molecule has 0 aliphatic carbocycles. The lowest BCUT2D eigenvalue weighted by atomic mass is 9.90. The van der Waals surface area contributed by atoms with Crippen molar-refractivity contribution in [1.82, 2.24) is 10.1 Å². The summed E-state index contributed by atoms with van der Waals surface area (Å²) < 4.78 is 15.8. The number of rotatable bonds is 6. The first kappa shape index (κ1) is 18.2. The minimum Gasteiger partial charge on any atom is -0.493 e. The zero-order chi connectivity index (χ0) is 18.7. The van der Waals surface area contributed by atoms with Crippen molar-refractivity contribution in [1.29, 1.82) is 0 Å². The summed E-state index contributed by atoms with van der Waals surface area (Å²) in [5.41, 5.74) is 0.630. The first-order chi connectivity index (χ1) is 12.5. The second-order valence-corrected chi connectivity index (χ2v) is 6.81. The van der Waals surface area contributed by atoms with Crippen molar-refractivity contribution in [3.05, 3.63) is 29.7 Å². The monoisotopic (exact) mass is 359 g/mol. The number of Topliss-reactive ketones (excluding diaryl/α,β-unsaturated/α-hetero) is 1. The predicted molar refractivity (Wildman–Crippen MR) is 97.2 cm³/mol. The maximum atomic E-state index is 13.0. The van der Waals surface area contributed by atoms with Crippen LogP contribution in [0.2, 0.25) is 0 Å². The van der Waals surface area contributed by atoms with E-state index < -0.39 is 0 Å². The molecule has 1 saturated heterocycles. The van der Waals surface area contributed by atoms with Gasteiger partial charge in [0.05, 0.1) is 14.2 Å². The van der Waals surface area contributed by atoms with Crippen LogP contribution in [0, 0.1) is 5.92 Å². The van der Waals surface area contributed by atoms with Crippen molar-refractivity contribution in [3.8, 4) is 11.5 Å². The highest BCUT2D eigenvalue weighted by molar-refractivity contribution is 5.98. The third-order valence-corrected chi connectivity index (χ3v) is 4.67. The minimum absolute atomic E-state index is 0.100. The number of carbonyl (C=O) groups is 1. The molecule has 0 saturated carbocycles. The SMILES string of the molecule is COc1ccc(C(=O)[C@@H]2CCCN(c3noc(C(C)C)n3)C2)cc1OC. The van der Waals surface area contributed by atoms with Gasteiger partial charge in [-0.2, -0.15) is 4.98 Å². The highest BCUT2D eigenvalue weighted by atomic mass is 16.5. The fraction of sp³-hybridized carbons (Fsp3) is 0.526. The molecule has 140 valence electrons. The van der Waals surface area contributed by atoms with Crippen LogP contribution in [-0.2, 0) is 0 Å². The number of aromatic nitrogens is 2. The molecule has 1 aliphatic heterocycles. The van der Waals surface area contributed by atoms with Gasteiger partial charge >= 0.3 is 0 Å². The Hall–Kier alpha value is -2.57. The Morgan fingerprint density at radius 2 is 2.04 bits per heavy atom. The second-order valence-electron chi connectivity index (χ2n) is 6.81. The molecule has 1 aromatic heterocycles. The van der Waals surface area contributed by atoms with Crippen molar-refractivity contribution in [3.63, 3.8) is 0 Å². The van der Waals surface area contributed by atoms with Crippen LogP contribution in [-0.4, -0.2) is 43.2 Å². The van der Waals surface area contributed by atoms with Gasteiger partial charge in [-0.25, -0.2) is 0 Å². The molecule has 1 fully saturated rings. The van der Waals surface area contributed by atoms with E-state index >= 15 is 0 Å². The molecule has 0 amide bonds. The first-order valence-electron chi connectivity index (χ1n) is 8.88.